The summed E-state index contributed by atoms with van der Waals surface area (Å²) < 4.78 is 1.32. The predicted molar refractivity (Wildman–Crippen MR) is 68.1 cm³/mol. The summed E-state index contributed by atoms with van der Waals surface area (Å²) in [4.78, 5) is 40.0. The normalized spacial score (nSPS) is 19.1. The van der Waals surface area contributed by atoms with Gasteiger partial charge in [-0.15, -0.1) is 0 Å². The lowest BCUT2D eigenvalue weighted by molar-refractivity contribution is -0.136. The first-order valence-corrected chi connectivity index (χ1v) is 5.99. The Morgan fingerprint density at radius 1 is 1.40 bits per heavy atom. The second kappa shape index (κ2) is 4.15. The molecule has 2 N–H and O–H groups in total. The topological polar surface area (TPSA) is 112 Å². The maximum Gasteiger partial charge on any atom is 0.349 e. The molecule has 0 aromatic carbocycles. The molecule has 9 nitrogen and oxygen atoms in total. The zero-order valence-electron chi connectivity index (χ0n) is 10.9. The van der Waals surface area contributed by atoms with Crippen LogP contribution in [0.2, 0.25) is 0 Å². The van der Waals surface area contributed by atoms with E-state index in [1.165, 1.54) is 11.4 Å². The fourth-order valence-electron chi connectivity index (χ4n) is 2.22. The van der Waals surface area contributed by atoms with Crippen LogP contribution < -0.4 is 11.0 Å². The third-order valence-corrected chi connectivity index (χ3v) is 3.27. The second-order valence-corrected chi connectivity index (χ2v) is 4.60. The van der Waals surface area contributed by atoms with Gasteiger partial charge in [0.05, 0.1) is 6.42 Å². The highest BCUT2D eigenvalue weighted by atomic mass is 16.2. The number of hydrogen-bond acceptors (Lipinski definition) is 6. The van der Waals surface area contributed by atoms with Crippen molar-refractivity contribution in [3.8, 4) is 0 Å². The third-order valence-electron chi connectivity index (χ3n) is 3.27. The van der Waals surface area contributed by atoms with Crippen LogP contribution in [0.1, 0.15) is 12.2 Å². The number of hydrogen-bond donors (Lipinski definition) is 2. The van der Waals surface area contributed by atoms with Gasteiger partial charge < -0.3 is 5.32 Å². The summed E-state index contributed by atoms with van der Waals surface area (Å²) in [5, 5.41) is 9.07. The zero-order valence-corrected chi connectivity index (χ0v) is 10.9. The smallest absolute Gasteiger partial charge is 0.349 e. The second-order valence-electron chi connectivity index (χ2n) is 4.60. The number of amides is 2. The third kappa shape index (κ3) is 1.75. The molecule has 1 fully saturated rings. The molecule has 1 atom stereocenters. The molecule has 20 heavy (non-hydrogen) atoms. The van der Waals surface area contributed by atoms with E-state index >= 15 is 0 Å². The van der Waals surface area contributed by atoms with Gasteiger partial charge in [-0.25, -0.2) is 19.3 Å². The van der Waals surface area contributed by atoms with Crippen molar-refractivity contribution in [1.82, 2.24) is 24.5 Å². The van der Waals surface area contributed by atoms with Crippen LogP contribution in [-0.2, 0) is 9.59 Å². The van der Waals surface area contributed by atoms with Gasteiger partial charge in [-0.3, -0.25) is 14.5 Å². The van der Waals surface area contributed by atoms with Crippen molar-refractivity contribution in [2.45, 2.75) is 19.4 Å². The SMILES string of the molecule is Cc1nc(NC2CC(=O)N(C)C2=O)cc2n[nH]c(=O)n12. The summed E-state index contributed by atoms with van der Waals surface area (Å²) in [6.07, 6.45) is 0.0919. The molecule has 0 aliphatic carbocycles. The fourth-order valence-corrected chi connectivity index (χ4v) is 2.22. The molecule has 1 unspecified atom stereocenters. The number of aryl methyl sites for hydroxylation is 1. The quantitative estimate of drug-likeness (QED) is 0.673. The monoisotopic (exact) mass is 276 g/mol. The highest BCUT2D eigenvalue weighted by molar-refractivity contribution is 6.06. The van der Waals surface area contributed by atoms with Crippen molar-refractivity contribution in [1.29, 1.82) is 0 Å². The van der Waals surface area contributed by atoms with Gasteiger partial charge in [0.25, 0.3) is 5.91 Å². The molecule has 0 saturated carbocycles. The molecule has 1 aliphatic rings. The largest absolute Gasteiger partial charge is 0.358 e. The van der Waals surface area contributed by atoms with Crippen LogP contribution in [0.15, 0.2) is 10.9 Å². The first-order valence-electron chi connectivity index (χ1n) is 5.99. The van der Waals surface area contributed by atoms with Crippen LogP contribution in [0.25, 0.3) is 5.65 Å². The number of likely N-dealkylation sites (tertiary alicyclic amines) is 1. The van der Waals surface area contributed by atoms with Crippen molar-refractivity contribution in [3.63, 3.8) is 0 Å². The number of rotatable bonds is 2. The van der Waals surface area contributed by atoms with Crippen LogP contribution in [0, 0.1) is 6.92 Å². The van der Waals surface area contributed by atoms with E-state index in [-0.39, 0.29) is 23.9 Å². The van der Waals surface area contributed by atoms with E-state index in [0.717, 1.165) is 4.90 Å². The lowest BCUT2D eigenvalue weighted by Crippen LogP contribution is -2.32. The van der Waals surface area contributed by atoms with Gasteiger partial charge in [0.1, 0.15) is 17.7 Å². The Bertz CT molecular complexity index is 776. The molecular formula is C11H12N6O3. The molecule has 0 radical (unpaired) electrons. The molecule has 3 rings (SSSR count). The molecule has 9 heteroatoms. The van der Waals surface area contributed by atoms with Crippen molar-refractivity contribution < 1.29 is 9.59 Å². The van der Waals surface area contributed by atoms with Crippen LogP contribution in [0.5, 0.6) is 0 Å². The standard InChI is InChI=1S/C11H12N6O3/c1-5-12-7(4-8-14-15-11(20)17(5)8)13-6-3-9(18)16(2)10(6)19/h4,6,13H,3H2,1-2H3,(H,15,20). The molecular weight excluding hydrogens is 264 g/mol. The molecule has 1 saturated heterocycles. The van der Waals surface area contributed by atoms with Crippen molar-refractivity contribution >= 4 is 23.3 Å². The van der Waals surface area contributed by atoms with E-state index in [1.807, 2.05) is 0 Å². The Labute approximate surface area is 112 Å². The zero-order chi connectivity index (χ0) is 14.4. The minimum Gasteiger partial charge on any atom is -0.358 e. The number of aromatic amines is 1. The number of carbonyl (C=O) groups excluding carboxylic acids is 2. The number of likely N-dealkylation sites (N-methyl/N-ethyl adjacent to an activating group) is 1. The Kier molecular flexibility index (Phi) is 2.56. The maximum absolute atomic E-state index is 11.8. The van der Waals surface area contributed by atoms with Gasteiger partial charge in [0.2, 0.25) is 5.91 Å². The summed E-state index contributed by atoms with van der Waals surface area (Å²) in [5.74, 6) is 0.305. The molecule has 1 aliphatic heterocycles. The summed E-state index contributed by atoms with van der Waals surface area (Å²) in [7, 11) is 1.45. The average molecular weight is 276 g/mol. The van der Waals surface area contributed by atoms with Crippen molar-refractivity contribution in [2.24, 2.45) is 0 Å². The van der Waals surface area contributed by atoms with Crippen LogP contribution >= 0.6 is 0 Å². The number of fused-ring (bicyclic) bond motifs is 1. The van der Waals surface area contributed by atoms with E-state index in [0.29, 0.717) is 17.3 Å². The number of nitrogens with one attached hydrogen (secondary N) is 2. The minimum absolute atomic E-state index is 0.0919. The lowest BCUT2D eigenvalue weighted by Gasteiger charge is -2.12. The Morgan fingerprint density at radius 2 is 2.15 bits per heavy atom. The van der Waals surface area contributed by atoms with Crippen LogP contribution in [-0.4, -0.2) is 49.4 Å². The van der Waals surface area contributed by atoms with Gasteiger partial charge >= 0.3 is 5.69 Å². The molecule has 2 aromatic rings. The van der Waals surface area contributed by atoms with Crippen molar-refractivity contribution in [3.05, 3.63) is 22.4 Å². The number of aromatic nitrogens is 4. The first kappa shape index (κ1) is 12.3. The van der Waals surface area contributed by atoms with E-state index in [2.05, 4.69) is 20.5 Å². The average Bonchev–Trinajstić information content (AvgIpc) is 2.87. The van der Waals surface area contributed by atoms with Gasteiger partial charge in [-0.1, -0.05) is 0 Å². The summed E-state index contributed by atoms with van der Waals surface area (Å²) in [6.45, 7) is 1.66. The molecule has 0 spiro atoms. The number of imide groups is 1. The van der Waals surface area contributed by atoms with E-state index in [1.54, 1.807) is 13.0 Å². The van der Waals surface area contributed by atoms with Gasteiger partial charge in [-0.2, -0.15) is 5.10 Å². The van der Waals surface area contributed by atoms with E-state index < -0.39 is 6.04 Å². The van der Waals surface area contributed by atoms with Gasteiger partial charge in [0.15, 0.2) is 5.65 Å². The first-order chi connectivity index (χ1) is 9.47. The Hall–Kier alpha value is -2.71. The Balaban J connectivity index is 1.94. The minimum atomic E-state index is -0.632. The number of carbonyl (C=O) groups is 2. The van der Waals surface area contributed by atoms with Gasteiger partial charge in [-0.05, 0) is 6.92 Å². The lowest BCUT2D eigenvalue weighted by atomic mass is 10.2. The molecule has 2 amide bonds. The Morgan fingerprint density at radius 3 is 2.80 bits per heavy atom. The van der Waals surface area contributed by atoms with Crippen molar-refractivity contribution in [2.75, 3.05) is 12.4 Å². The number of H-pyrrole nitrogens is 1. The molecule has 0 bridgehead atoms. The van der Waals surface area contributed by atoms with E-state index in [9.17, 15) is 14.4 Å². The maximum atomic E-state index is 11.8. The van der Waals surface area contributed by atoms with E-state index in [4.69, 9.17) is 0 Å². The van der Waals surface area contributed by atoms with Gasteiger partial charge in [0, 0.05) is 13.1 Å². The number of nitrogens with zero attached hydrogens (tertiary/aromatic N) is 4. The highest BCUT2D eigenvalue weighted by Gasteiger charge is 2.36. The predicted octanol–water partition coefficient (Wildman–Crippen LogP) is -1.10. The van der Waals surface area contributed by atoms with Crippen LogP contribution in [0.4, 0.5) is 5.82 Å². The molecule has 2 aromatic heterocycles. The van der Waals surface area contributed by atoms with Crippen LogP contribution in [0.3, 0.4) is 0 Å². The fraction of sp³-hybridized carbons (Fsp3) is 0.364. The number of anilines is 1. The summed E-state index contributed by atoms with van der Waals surface area (Å²) in [5.41, 5.74) is 0.0264. The summed E-state index contributed by atoms with van der Waals surface area (Å²) >= 11 is 0. The summed E-state index contributed by atoms with van der Waals surface area (Å²) in [6, 6.07) is 0.911. The molecule has 3 heterocycles. The highest BCUT2D eigenvalue weighted by Crippen LogP contribution is 2.16. The molecule has 104 valence electrons.